The number of nitrogens with two attached hydrogens (primary N) is 1. The Morgan fingerprint density at radius 3 is 2.80 bits per heavy atom. The standard InChI is InChI=1S/C10H10BrN3O/c1-15-9-4-6(2-3-7(9)11)8-5-10(12)14-13-8/h2-5H,1H3,(H3,12,13,14). The van der Waals surface area contributed by atoms with Gasteiger partial charge in [-0.2, -0.15) is 5.10 Å². The van der Waals surface area contributed by atoms with Crippen molar-refractivity contribution in [3.8, 4) is 17.0 Å². The van der Waals surface area contributed by atoms with Gasteiger partial charge in [-0.05, 0) is 28.1 Å². The maximum atomic E-state index is 5.53. The minimum Gasteiger partial charge on any atom is -0.496 e. The summed E-state index contributed by atoms with van der Waals surface area (Å²) in [7, 11) is 1.63. The van der Waals surface area contributed by atoms with Crippen molar-refractivity contribution in [2.24, 2.45) is 0 Å². The Balaban J connectivity index is 2.45. The molecule has 0 fully saturated rings. The molecule has 1 aromatic heterocycles. The van der Waals surface area contributed by atoms with Gasteiger partial charge in [-0.25, -0.2) is 0 Å². The average molecular weight is 268 g/mol. The first-order chi connectivity index (χ1) is 7.20. The minimum absolute atomic E-state index is 0.479. The number of methoxy groups -OCH3 is 1. The SMILES string of the molecule is COc1cc(-c2cc(N)n[nH]2)ccc1Br. The minimum atomic E-state index is 0.479. The second kappa shape index (κ2) is 3.94. The molecule has 3 N–H and O–H groups in total. The third-order valence-corrected chi connectivity index (χ3v) is 2.71. The molecule has 2 aromatic rings. The smallest absolute Gasteiger partial charge is 0.145 e. The highest BCUT2D eigenvalue weighted by molar-refractivity contribution is 9.10. The number of ether oxygens (including phenoxy) is 1. The molecule has 0 atom stereocenters. The Kier molecular flexibility index (Phi) is 2.64. The molecule has 0 aliphatic carbocycles. The van der Waals surface area contributed by atoms with Gasteiger partial charge >= 0.3 is 0 Å². The van der Waals surface area contributed by atoms with Crippen LogP contribution in [0.3, 0.4) is 0 Å². The number of H-pyrrole nitrogens is 1. The lowest BCUT2D eigenvalue weighted by Gasteiger charge is -2.04. The van der Waals surface area contributed by atoms with Crippen molar-refractivity contribution < 1.29 is 4.74 Å². The maximum Gasteiger partial charge on any atom is 0.145 e. The van der Waals surface area contributed by atoms with Crippen LogP contribution >= 0.6 is 15.9 Å². The zero-order valence-electron chi connectivity index (χ0n) is 8.12. The van der Waals surface area contributed by atoms with Gasteiger partial charge in [0.25, 0.3) is 0 Å². The highest BCUT2D eigenvalue weighted by atomic mass is 79.9. The summed E-state index contributed by atoms with van der Waals surface area (Å²) < 4.78 is 6.12. The molecule has 0 aliphatic rings. The molecule has 0 bridgehead atoms. The number of aromatic nitrogens is 2. The second-order valence-electron chi connectivity index (χ2n) is 3.06. The lowest BCUT2D eigenvalue weighted by Crippen LogP contribution is -1.85. The molecule has 0 aliphatic heterocycles. The van der Waals surface area contributed by atoms with Gasteiger partial charge in [0.05, 0.1) is 17.3 Å². The number of hydrogen-bond acceptors (Lipinski definition) is 3. The predicted octanol–water partition coefficient (Wildman–Crippen LogP) is 2.43. The van der Waals surface area contributed by atoms with E-state index in [1.165, 1.54) is 0 Å². The normalized spacial score (nSPS) is 10.3. The number of halogens is 1. The molecule has 0 unspecified atom stereocenters. The van der Waals surface area contributed by atoms with E-state index in [1.54, 1.807) is 13.2 Å². The van der Waals surface area contributed by atoms with Crippen LogP contribution in [0, 0.1) is 0 Å². The van der Waals surface area contributed by atoms with Crippen LogP contribution in [0.5, 0.6) is 5.75 Å². The summed E-state index contributed by atoms with van der Waals surface area (Å²) in [5.41, 5.74) is 7.39. The second-order valence-corrected chi connectivity index (χ2v) is 3.91. The van der Waals surface area contributed by atoms with Crippen LogP contribution < -0.4 is 10.5 Å². The fourth-order valence-electron chi connectivity index (χ4n) is 1.31. The van der Waals surface area contributed by atoms with Crippen molar-refractivity contribution >= 4 is 21.7 Å². The quantitative estimate of drug-likeness (QED) is 0.879. The molecule has 4 nitrogen and oxygen atoms in total. The van der Waals surface area contributed by atoms with Gasteiger partial charge in [0, 0.05) is 11.6 Å². The van der Waals surface area contributed by atoms with Gasteiger partial charge in [-0.15, -0.1) is 0 Å². The van der Waals surface area contributed by atoms with E-state index in [9.17, 15) is 0 Å². The third-order valence-electron chi connectivity index (χ3n) is 2.06. The summed E-state index contributed by atoms with van der Waals surface area (Å²) in [6.07, 6.45) is 0. The zero-order valence-corrected chi connectivity index (χ0v) is 9.71. The number of anilines is 1. The molecular formula is C10H10BrN3O. The number of nitrogens with one attached hydrogen (secondary N) is 1. The van der Waals surface area contributed by atoms with E-state index >= 15 is 0 Å². The van der Waals surface area contributed by atoms with Crippen molar-refractivity contribution in [3.63, 3.8) is 0 Å². The van der Waals surface area contributed by atoms with Crippen LogP contribution in [0.25, 0.3) is 11.3 Å². The molecule has 5 heteroatoms. The number of aromatic amines is 1. The third kappa shape index (κ3) is 1.97. The molecule has 0 saturated heterocycles. The number of benzene rings is 1. The first-order valence-electron chi connectivity index (χ1n) is 4.35. The first kappa shape index (κ1) is 10.0. The molecule has 0 amide bonds. The highest BCUT2D eigenvalue weighted by Gasteiger charge is 2.05. The van der Waals surface area contributed by atoms with Gasteiger partial charge in [0.1, 0.15) is 11.6 Å². The fraction of sp³-hybridized carbons (Fsp3) is 0.100. The van der Waals surface area contributed by atoms with Crippen molar-refractivity contribution in [2.45, 2.75) is 0 Å². The van der Waals surface area contributed by atoms with Crippen LogP contribution in [0.1, 0.15) is 0 Å². The molecule has 1 heterocycles. The molecule has 0 spiro atoms. The van der Waals surface area contributed by atoms with Gasteiger partial charge < -0.3 is 10.5 Å². The van der Waals surface area contributed by atoms with E-state index < -0.39 is 0 Å². The Bertz CT molecular complexity index is 481. The van der Waals surface area contributed by atoms with Crippen LogP contribution in [-0.4, -0.2) is 17.3 Å². The average Bonchev–Trinajstić information content (AvgIpc) is 2.66. The molecule has 1 aromatic carbocycles. The fourth-order valence-corrected chi connectivity index (χ4v) is 1.72. The van der Waals surface area contributed by atoms with E-state index in [1.807, 2.05) is 18.2 Å². The first-order valence-corrected chi connectivity index (χ1v) is 5.15. The van der Waals surface area contributed by atoms with E-state index in [-0.39, 0.29) is 0 Å². The Hall–Kier alpha value is -1.49. The molecule has 2 rings (SSSR count). The van der Waals surface area contributed by atoms with Gasteiger partial charge in [0.15, 0.2) is 0 Å². The molecular weight excluding hydrogens is 258 g/mol. The topological polar surface area (TPSA) is 63.9 Å². The molecule has 0 radical (unpaired) electrons. The van der Waals surface area contributed by atoms with Crippen LogP contribution in [0.15, 0.2) is 28.7 Å². The maximum absolute atomic E-state index is 5.53. The zero-order chi connectivity index (χ0) is 10.8. The number of hydrogen-bond donors (Lipinski definition) is 2. The highest BCUT2D eigenvalue weighted by Crippen LogP contribution is 2.30. The molecule has 15 heavy (non-hydrogen) atoms. The van der Waals surface area contributed by atoms with Crippen LogP contribution in [-0.2, 0) is 0 Å². The van der Waals surface area contributed by atoms with Crippen molar-refractivity contribution in [1.82, 2.24) is 10.2 Å². The van der Waals surface area contributed by atoms with Gasteiger partial charge in [-0.1, -0.05) is 6.07 Å². The summed E-state index contributed by atoms with van der Waals surface area (Å²) in [4.78, 5) is 0. The van der Waals surface area contributed by atoms with Crippen molar-refractivity contribution in [3.05, 3.63) is 28.7 Å². The lowest BCUT2D eigenvalue weighted by atomic mass is 10.1. The van der Waals surface area contributed by atoms with Crippen LogP contribution in [0.2, 0.25) is 0 Å². The number of nitrogen functional groups attached to an aromatic ring is 1. The summed E-state index contributed by atoms with van der Waals surface area (Å²) in [6, 6.07) is 7.57. The van der Waals surface area contributed by atoms with E-state index in [0.717, 1.165) is 21.5 Å². The monoisotopic (exact) mass is 267 g/mol. The number of rotatable bonds is 2. The Morgan fingerprint density at radius 1 is 1.40 bits per heavy atom. The van der Waals surface area contributed by atoms with Crippen molar-refractivity contribution in [2.75, 3.05) is 12.8 Å². The Labute approximate surface area is 95.6 Å². The van der Waals surface area contributed by atoms with E-state index in [4.69, 9.17) is 10.5 Å². The summed E-state index contributed by atoms with van der Waals surface area (Å²) in [6.45, 7) is 0. The largest absolute Gasteiger partial charge is 0.496 e. The summed E-state index contributed by atoms with van der Waals surface area (Å²) in [5.74, 6) is 1.26. The van der Waals surface area contributed by atoms with Crippen LogP contribution in [0.4, 0.5) is 5.82 Å². The molecule has 0 saturated carbocycles. The summed E-state index contributed by atoms with van der Waals surface area (Å²) >= 11 is 3.39. The van der Waals surface area contributed by atoms with Gasteiger partial charge in [0.2, 0.25) is 0 Å². The van der Waals surface area contributed by atoms with E-state index in [0.29, 0.717) is 5.82 Å². The Morgan fingerprint density at radius 2 is 2.20 bits per heavy atom. The number of nitrogens with zero attached hydrogens (tertiary/aromatic N) is 1. The lowest BCUT2D eigenvalue weighted by molar-refractivity contribution is 0.412. The van der Waals surface area contributed by atoms with Crippen molar-refractivity contribution in [1.29, 1.82) is 0 Å². The molecule has 78 valence electrons. The van der Waals surface area contributed by atoms with E-state index in [2.05, 4.69) is 26.1 Å². The van der Waals surface area contributed by atoms with Gasteiger partial charge in [-0.3, -0.25) is 5.10 Å². The summed E-state index contributed by atoms with van der Waals surface area (Å²) in [5, 5.41) is 6.72. The predicted molar refractivity (Wildman–Crippen MR) is 62.7 cm³/mol.